The van der Waals surface area contributed by atoms with Gasteiger partial charge in [0.25, 0.3) is 11.8 Å². The van der Waals surface area contributed by atoms with E-state index in [4.69, 9.17) is 31.7 Å². The molecule has 2 aromatic carbocycles. The van der Waals surface area contributed by atoms with Crippen molar-refractivity contribution in [1.29, 1.82) is 5.26 Å². The number of carbonyl (C=O) groups excluding carboxylic acids is 2. The van der Waals surface area contributed by atoms with E-state index in [-0.39, 0.29) is 17.3 Å². The van der Waals surface area contributed by atoms with Crippen LogP contribution < -0.4 is 24.4 Å². The number of amides is 2. The summed E-state index contributed by atoms with van der Waals surface area (Å²) in [6.45, 7) is -0.133. The van der Waals surface area contributed by atoms with Crippen molar-refractivity contribution in [2.24, 2.45) is 0 Å². The number of benzene rings is 2. The average molecular weight is 423 g/mol. The number of thiocarbonyl (C=S) groups is 1. The summed E-state index contributed by atoms with van der Waals surface area (Å²) in [6, 6.07) is 13.4. The number of nitriles is 1. The van der Waals surface area contributed by atoms with Crippen molar-refractivity contribution in [1.82, 2.24) is 5.32 Å². The molecule has 1 fully saturated rings. The van der Waals surface area contributed by atoms with Gasteiger partial charge in [0.1, 0.15) is 17.4 Å². The van der Waals surface area contributed by atoms with Crippen LogP contribution in [0.15, 0.2) is 48.0 Å². The lowest BCUT2D eigenvalue weighted by Crippen LogP contribution is -2.54. The first-order valence-corrected chi connectivity index (χ1v) is 9.12. The number of hydrogen-bond acceptors (Lipinski definition) is 7. The molecule has 2 aromatic rings. The molecule has 1 saturated heterocycles. The Morgan fingerprint density at radius 2 is 1.83 bits per heavy atom. The lowest BCUT2D eigenvalue weighted by molar-refractivity contribution is -0.122. The van der Waals surface area contributed by atoms with Gasteiger partial charge in [-0.15, -0.1) is 0 Å². The summed E-state index contributed by atoms with van der Waals surface area (Å²) < 4.78 is 15.7. The molecule has 0 spiro atoms. The maximum absolute atomic E-state index is 13.1. The molecule has 0 atom stereocenters. The highest BCUT2D eigenvalue weighted by molar-refractivity contribution is 7.80. The third-order valence-corrected chi connectivity index (χ3v) is 4.51. The lowest BCUT2D eigenvalue weighted by Gasteiger charge is -2.29. The van der Waals surface area contributed by atoms with Crippen molar-refractivity contribution in [3.63, 3.8) is 0 Å². The maximum Gasteiger partial charge on any atom is 0.270 e. The number of carbonyl (C=O) groups is 2. The zero-order valence-electron chi connectivity index (χ0n) is 16.2. The first-order valence-electron chi connectivity index (χ1n) is 8.71. The lowest BCUT2D eigenvalue weighted by atomic mass is 10.1. The first kappa shape index (κ1) is 20.8. The minimum absolute atomic E-state index is 0.00912. The van der Waals surface area contributed by atoms with Crippen molar-refractivity contribution < 1.29 is 23.8 Å². The van der Waals surface area contributed by atoms with Crippen molar-refractivity contribution in [3.05, 3.63) is 53.6 Å². The summed E-state index contributed by atoms with van der Waals surface area (Å²) in [5.41, 5.74) is 0.943. The van der Waals surface area contributed by atoms with Crippen LogP contribution in [0.4, 0.5) is 5.69 Å². The highest BCUT2D eigenvalue weighted by Gasteiger charge is 2.34. The van der Waals surface area contributed by atoms with E-state index < -0.39 is 11.8 Å². The van der Waals surface area contributed by atoms with Crippen LogP contribution in [0.1, 0.15) is 5.56 Å². The zero-order chi connectivity index (χ0) is 21.7. The van der Waals surface area contributed by atoms with Gasteiger partial charge >= 0.3 is 0 Å². The van der Waals surface area contributed by atoms with Crippen LogP contribution in [0.5, 0.6) is 17.2 Å². The van der Waals surface area contributed by atoms with E-state index in [9.17, 15) is 9.59 Å². The van der Waals surface area contributed by atoms with Crippen LogP contribution in [0.25, 0.3) is 6.08 Å². The fourth-order valence-corrected chi connectivity index (χ4v) is 3.07. The molecule has 30 heavy (non-hydrogen) atoms. The monoisotopic (exact) mass is 423 g/mol. The minimum atomic E-state index is -0.599. The van der Waals surface area contributed by atoms with Crippen LogP contribution in [-0.2, 0) is 9.59 Å². The molecule has 1 aliphatic heterocycles. The highest BCUT2D eigenvalue weighted by atomic mass is 32.1. The van der Waals surface area contributed by atoms with Gasteiger partial charge in [0.15, 0.2) is 23.2 Å². The van der Waals surface area contributed by atoms with Gasteiger partial charge in [-0.25, -0.2) is 0 Å². The molecule has 2 amide bonds. The fraction of sp³-hybridized carbons (Fsp3) is 0.143. The number of nitrogens with one attached hydrogen (secondary N) is 1. The second-order valence-electron chi connectivity index (χ2n) is 6.01. The smallest absolute Gasteiger partial charge is 0.270 e. The Hall–Kier alpha value is -3.90. The molecule has 8 nitrogen and oxygen atoms in total. The van der Waals surface area contributed by atoms with E-state index in [0.717, 1.165) is 0 Å². The molecule has 152 valence electrons. The number of anilines is 1. The fourth-order valence-electron chi connectivity index (χ4n) is 2.79. The quantitative estimate of drug-likeness (QED) is 0.433. The number of rotatable bonds is 6. The third-order valence-electron chi connectivity index (χ3n) is 4.22. The van der Waals surface area contributed by atoms with Crippen molar-refractivity contribution in [2.45, 2.75) is 0 Å². The second-order valence-corrected chi connectivity index (χ2v) is 6.40. The van der Waals surface area contributed by atoms with E-state index in [1.165, 1.54) is 25.2 Å². The van der Waals surface area contributed by atoms with Gasteiger partial charge in [-0.1, -0.05) is 6.07 Å². The standard InChI is InChI=1S/C21H17N3O5S/c1-27-15-6-4-14(5-7-15)24-20(26)16(19(25)23-21(24)30)11-13-3-8-17(29-10-9-22)18(12-13)28-2/h3-8,11-12H,10H2,1-2H3,(H,23,25,30)/b16-11+. The molecule has 0 unspecified atom stereocenters. The number of nitrogens with zero attached hydrogens (tertiary/aromatic N) is 2. The van der Waals surface area contributed by atoms with E-state index >= 15 is 0 Å². The Balaban J connectivity index is 1.95. The van der Waals surface area contributed by atoms with Gasteiger partial charge < -0.3 is 14.2 Å². The Labute approximate surface area is 178 Å². The molecule has 0 aromatic heterocycles. The van der Waals surface area contributed by atoms with Gasteiger partial charge in [0.05, 0.1) is 19.9 Å². The van der Waals surface area contributed by atoms with Crippen molar-refractivity contribution in [2.75, 3.05) is 25.7 Å². The second kappa shape index (κ2) is 9.07. The van der Waals surface area contributed by atoms with Crippen molar-refractivity contribution in [3.8, 4) is 23.3 Å². The summed E-state index contributed by atoms with van der Waals surface area (Å²) in [6.07, 6.45) is 1.44. The SMILES string of the molecule is COc1ccc(N2C(=O)/C(=C/c3ccc(OCC#N)c(OC)c3)C(=O)NC2=S)cc1. The number of hydrogen-bond donors (Lipinski definition) is 1. The summed E-state index contributed by atoms with van der Waals surface area (Å²) in [7, 11) is 2.99. The third kappa shape index (κ3) is 4.24. The molecule has 0 aliphatic carbocycles. The Morgan fingerprint density at radius 3 is 2.47 bits per heavy atom. The molecule has 1 N–H and O–H groups in total. The van der Waals surface area contributed by atoms with Crippen LogP contribution in [0.2, 0.25) is 0 Å². The summed E-state index contributed by atoms with van der Waals surface area (Å²) >= 11 is 5.19. The molecular weight excluding hydrogens is 406 g/mol. The number of methoxy groups -OCH3 is 2. The summed E-state index contributed by atoms with van der Waals surface area (Å²) in [5.74, 6) is 0.211. The van der Waals surface area contributed by atoms with Gasteiger partial charge in [-0.2, -0.15) is 5.26 Å². The number of ether oxygens (including phenoxy) is 3. The Morgan fingerprint density at radius 1 is 1.10 bits per heavy atom. The van der Waals surface area contributed by atoms with Crippen LogP contribution in [0, 0.1) is 11.3 Å². The van der Waals surface area contributed by atoms with E-state index in [1.807, 2.05) is 6.07 Å². The van der Waals surface area contributed by atoms with Gasteiger partial charge in [-0.3, -0.25) is 19.8 Å². The molecule has 9 heteroatoms. The molecule has 3 rings (SSSR count). The minimum Gasteiger partial charge on any atom is -0.497 e. The molecule has 0 radical (unpaired) electrons. The van der Waals surface area contributed by atoms with Crippen LogP contribution >= 0.6 is 12.2 Å². The normalized spacial score (nSPS) is 14.9. The van der Waals surface area contributed by atoms with E-state index in [0.29, 0.717) is 28.5 Å². The molecule has 1 heterocycles. The predicted octanol–water partition coefficient (Wildman–Crippen LogP) is 2.44. The van der Waals surface area contributed by atoms with Crippen LogP contribution in [-0.4, -0.2) is 37.8 Å². The summed E-state index contributed by atoms with van der Waals surface area (Å²) in [4.78, 5) is 26.7. The van der Waals surface area contributed by atoms with Gasteiger partial charge in [0.2, 0.25) is 0 Å². The first-order chi connectivity index (χ1) is 14.5. The zero-order valence-corrected chi connectivity index (χ0v) is 17.0. The predicted molar refractivity (Wildman–Crippen MR) is 113 cm³/mol. The molecule has 1 aliphatic rings. The summed E-state index contributed by atoms with van der Waals surface area (Å²) in [5, 5.41) is 11.2. The van der Waals surface area contributed by atoms with E-state index in [2.05, 4.69) is 5.32 Å². The Kier molecular flexibility index (Phi) is 6.29. The van der Waals surface area contributed by atoms with Crippen LogP contribution in [0.3, 0.4) is 0 Å². The molecule has 0 bridgehead atoms. The topological polar surface area (TPSA) is 101 Å². The van der Waals surface area contributed by atoms with Crippen molar-refractivity contribution >= 4 is 40.9 Å². The largest absolute Gasteiger partial charge is 0.497 e. The maximum atomic E-state index is 13.1. The van der Waals surface area contributed by atoms with Gasteiger partial charge in [-0.05, 0) is 60.3 Å². The highest BCUT2D eigenvalue weighted by Crippen LogP contribution is 2.30. The Bertz CT molecular complexity index is 1070. The van der Waals surface area contributed by atoms with E-state index in [1.54, 1.807) is 42.5 Å². The van der Waals surface area contributed by atoms with Gasteiger partial charge in [0, 0.05) is 0 Å². The molecule has 0 saturated carbocycles. The average Bonchev–Trinajstić information content (AvgIpc) is 2.75. The molecular formula is C21H17N3O5S.